The molecule has 9 heteroatoms. The van der Waals surface area contributed by atoms with Gasteiger partial charge in [0.1, 0.15) is 0 Å². The average molecular weight is 429 g/mol. The maximum atomic E-state index is 13.3. The lowest BCUT2D eigenvalue weighted by Crippen LogP contribution is -2.43. The fourth-order valence-corrected chi connectivity index (χ4v) is 5.53. The number of carbonyl (C=O) groups excluding carboxylic acids is 2. The van der Waals surface area contributed by atoms with Crippen LogP contribution in [0.15, 0.2) is 52.0 Å². The summed E-state index contributed by atoms with van der Waals surface area (Å²) in [5.41, 5.74) is 2.86. The second-order valence-electron chi connectivity index (χ2n) is 7.67. The fraction of sp³-hybridized carbons (Fsp3) is 0.381. The molecule has 1 unspecified atom stereocenters. The van der Waals surface area contributed by atoms with Crippen LogP contribution in [-0.4, -0.2) is 54.9 Å². The molecule has 2 amide bonds. The zero-order valence-corrected chi connectivity index (χ0v) is 17.8. The summed E-state index contributed by atoms with van der Waals surface area (Å²) in [6.45, 7) is 2.84. The summed E-state index contributed by atoms with van der Waals surface area (Å²) >= 11 is 0. The minimum atomic E-state index is -2.74. The third-order valence-electron chi connectivity index (χ3n) is 5.68. The maximum absolute atomic E-state index is 13.3. The third-order valence-corrected chi connectivity index (χ3v) is 7.92. The predicted molar refractivity (Wildman–Crippen MR) is 113 cm³/mol. The van der Waals surface area contributed by atoms with E-state index in [4.69, 9.17) is 4.42 Å². The molecular formula is C21H24N4O4S. The molecule has 4 heterocycles. The van der Waals surface area contributed by atoms with Crippen LogP contribution in [0, 0.1) is 6.92 Å². The number of carbonyl (C=O) groups is 2. The fourth-order valence-electron chi connectivity index (χ4n) is 3.86. The third kappa shape index (κ3) is 4.02. The molecule has 0 aromatic carbocycles. The van der Waals surface area contributed by atoms with Crippen molar-refractivity contribution >= 4 is 27.1 Å². The minimum Gasteiger partial charge on any atom is -0.472 e. The lowest BCUT2D eigenvalue weighted by molar-refractivity contribution is -0.131. The van der Waals surface area contributed by atoms with E-state index in [0.29, 0.717) is 43.6 Å². The van der Waals surface area contributed by atoms with Gasteiger partial charge in [-0.2, -0.15) is 4.36 Å². The molecule has 0 N–H and O–H groups in total. The number of amides is 2. The van der Waals surface area contributed by atoms with Gasteiger partial charge in [-0.3, -0.25) is 9.59 Å². The van der Waals surface area contributed by atoms with E-state index in [-0.39, 0.29) is 11.2 Å². The standard InChI is InChI=1S/C21H24N4O4S/c1-15-19(4-3-17-12-22-14-25(15)17)21(27)23-30(2,28)18-5-8-24(9-6-18)20(26)11-16-7-10-29-13-16/h3-4,7,10,12-14,18H,5-6,8-9,11H2,1-2H3. The first kappa shape index (κ1) is 20.3. The highest BCUT2D eigenvalue weighted by Gasteiger charge is 2.29. The van der Waals surface area contributed by atoms with Crippen molar-refractivity contribution in [1.29, 1.82) is 0 Å². The number of fused-ring (bicyclic) bond motifs is 1. The molecule has 0 radical (unpaired) electrons. The highest BCUT2D eigenvalue weighted by molar-refractivity contribution is 7.93. The molecule has 158 valence electrons. The monoisotopic (exact) mass is 428 g/mol. The van der Waals surface area contributed by atoms with Gasteiger partial charge in [-0.25, -0.2) is 9.19 Å². The van der Waals surface area contributed by atoms with E-state index in [1.807, 2.05) is 11.3 Å². The maximum Gasteiger partial charge on any atom is 0.286 e. The Morgan fingerprint density at radius 1 is 1.27 bits per heavy atom. The number of rotatable bonds is 4. The van der Waals surface area contributed by atoms with Gasteiger partial charge < -0.3 is 13.7 Å². The number of pyridine rings is 1. The summed E-state index contributed by atoms with van der Waals surface area (Å²) in [7, 11) is -2.74. The van der Waals surface area contributed by atoms with Crippen LogP contribution >= 0.6 is 0 Å². The van der Waals surface area contributed by atoms with Crippen molar-refractivity contribution in [2.75, 3.05) is 19.3 Å². The van der Waals surface area contributed by atoms with Crippen LogP contribution in [0.25, 0.3) is 5.52 Å². The zero-order valence-electron chi connectivity index (χ0n) is 17.0. The van der Waals surface area contributed by atoms with Gasteiger partial charge >= 0.3 is 0 Å². The van der Waals surface area contributed by atoms with Gasteiger partial charge in [0, 0.05) is 30.3 Å². The Bertz CT molecular complexity index is 1200. The smallest absolute Gasteiger partial charge is 0.286 e. The summed E-state index contributed by atoms with van der Waals surface area (Å²) in [6, 6.07) is 5.27. The highest BCUT2D eigenvalue weighted by Crippen LogP contribution is 2.21. The molecule has 0 aliphatic carbocycles. The van der Waals surface area contributed by atoms with Crippen molar-refractivity contribution in [3.05, 3.63) is 60.1 Å². The average Bonchev–Trinajstić information content (AvgIpc) is 3.40. The second-order valence-corrected chi connectivity index (χ2v) is 10.2. The number of hydrogen-bond acceptors (Lipinski definition) is 5. The Labute approximate surface area is 175 Å². The van der Waals surface area contributed by atoms with Crippen molar-refractivity contribution in [3.8, 4) is 0 Å². The summed E-state index contributed by atoms with van der Waals surface area (Å²) in [5, 5.41) is -0.225. The Balaban J connectivity index is 1.45. The molecule has 1 atom stereocenters. The molecule has 3 aromatic rings. The van der Waals surface area contributed by atoms with E-state index in [2.05, 4.69) is 9.35 Å². The number of furan rings is 1. The van der Waals surface area contributed by atoms with Crippen molar-refractivity contribution in [3.63, 3.8) is 0 Å². The number of nitrogens with zero attached hydrogens (tertiary/aromatic N) is 4. The molecule has 1 aliphatic heterocycles. The lowest BCUT2D eigenvalue weighted by Gasteiger charge is -2.32. The summed E-state index contributed by atoms with van der Waals surface area (Å²) in [6.07, 6.45) is 9.42. The van der Waals surface area contributed by atoms with Crippen LogP contribution in [0.5, 0.6) is 0 Å². The van der Waals surface area contributed by atoms with Gasteiger partial charge in [0.25, 0.3) is 5.91 Å². The van der Waals surface area contributed by atoms with Crippen molar-refractivity contribution in [2.45, 2.75) is 31.4 Å². The van der Waals surface area contributed by atoms with Gasteiger partial charge in [-0.15, -0.1) is 0 Å². The number of aromatic nitrogens is 2. The van der Waals surface area contributed by atoms with E-state index in [0.717, 1.165) is 11.1 Å². The summed E-state index contributed by atoms with van der Waals surface area (Å²) in [5.74, 6) is -0.455. The second kappa shape index (κ2) is 8.06. The molecule has 1 saturated heterocycles. The van der Waals surface area contributed by atoms with E-state index in [9.17, 15) is 13.8 Å². The van der Waals surface area contributed by atoms with Crippen LogP contribution in [0.2, 0.25) is 0 Å². The van der Waals surface area contributed by atoms with E-state index in [1.165, 1.54) is 0 Å². The van der Waals surface area contributed by atoms with Crippen LogP contribution in [0.4, 0.5) is 0 Å². The molecule has 0 bridgehead atoms. The van der Waals surface area contributed by atoms with Gasteiger partial charge in [-0.05, 0) is 43.5 Å². The Morgan fingerprint density at radius 2 is 2.03 bits per heavy atom. The molecule has 0 spiro atoms. The van der Waals surface area contributed by atoms with E-state index in [1.54, 1.807) is 54.4 Å². The number of imidazole rings is 1. The number of hydrogen-bond donors (Lipinski definition) is 0. The molecule has 30 heavy (non-hydrogen) atoms. The van der Waals surface area contributed by atoms with Crippen LogP contribution < -0.4 is 0 Å². The summed E-state index contributed by atoms with van der Waals surface area (Å²) in [4.78, 5) is 31.1. The Kier molecular flexibility index (Phi) is 5.46. The first-order chi connectivity index (χ1) is 14.3. The topological polar surface area (TPSA) is 97.2 Å². The minimum absolute atomic E-state index is 0.0229. The first-order valence-electron chi connectivity index (χ1n) is 9.81. The molecule has 4 rings (SSSR count). The Morgan fingerprint density at radius 3 is 2.73 bits per heavy atom. The van der Waals surface area contributed by atoms with Crippen molar-refractivity contribution in [1.82, 2.24) is 14.3 Å². The number of piperidine rings is 1. The molecule has 8 nitrogen and oxygen atoms in total. The number of likely N-dealkylation sites (tertiary alicyclic amines) is 1. The largest absolute Gasteiger partial charge is 0.472 e. The van der Waals surface area contributed by atoms with Crippen molar-refractivity contribution in [2.24, 2.45) is 4.36 Å². The van der Waals surface area contributed by atoms with Crippen LogP contribution in [0.3, 0.4) is 0 Å². The highest BCUT2D eigenvalue weighted by atomic mass is 32.2. The van der Waals surface area contributed by atoms with Crippen molar-refractivity contribution < 1.29 is 18.2 Å². The predicted octanol–water partition coefficient (Wildman–Crippen LogP) is 2.71. The van der Waals surface area contributed by atoms with E-state index < -0.39 is 15.6 Å². The molecule has 1 fully saturated rings. The number of aryl methyl sites for hydroxylation is 1. The lowest BCUT2D eigenvalue weighted by atomic mass is 10.1. The SMILES string of the molecule is Cc1c(C(=O)N=S(C)(=O)C2CCN(C(=O)Cc3ccoc3)CC2)ccc2cncn12. The van der Waals surface area contributed by atoms with Gasteiger partial charge in [0.05, 0.1) is 52.3 Å². The van der Waals surface area contributed by atoms with Gasteiger partial charge in [0.15, 0.2) is 0 Å². The molecule has 0 saturated carbocycles. The van der Waals surface area contributed by atoms with Gasteiger partial charge in [0.2, 0.25) is 5.91 Å². The van der Waals surface area contributed by atoms with Gasteiger partial charge in [-0.1, -0.05) is 0 Å². The van der Waals surface area contributed by atoms with Crippen LogP contribution in [-0.2, 0) is 20.9 Å². The normalized spacial score (nSPS) is 17.1. The molecular weight excluding hydrogens is 404 g/mol. The van der Waals surface area contributed by atoms with Crippen LogP contribution in [0.1, 0.15) is 34.5 Å². The quantitative estimate of drug-likeness (QED) is 0.636. The molecule has 3 aromatic heterocycles. The van der Waals surface area contributed by atoms with E-state index >= 15 is 0 Å². The Hall–Kier alpha value is -2.94. The molecule has 1 aliphatic rings. The summed E-state index contributed by atoms with van der Waals surface area (Å²) < 4.78 is 24.2. The zero-order chi connectivity index (χ0) is 21.3. The first-order valence-corrected chi connectivity index (χ1v) is 11.8.